The monoisotopic (exact) mass is 833 g/mol. The molecule has 4 aromatic heterocycles. The summed E-state index contributed by atoms with van der Waals surface area (Å²) in [5.41, 5.74) is 12.6. The molecule has 0 atom stereocenters. The number of imidazole rings is 1. The molecular weight excluding hydrogens is 799 g/mol. The molecule has 0 saturated heterocycles. The lowest BCUT2D eigenvalue weighted by Crippen LogP contribution is -2.00. The zero-order chi connectivity index (χ0) is 42.1. The molecule has 0 saturated carbocycles. The van der Waals surface area contributed by atoms with E-state index in [2.05, 4.69) is 205 Å². The summed E-state index contributed by atoms with van der Waals surface area (Å²) in [6, 6.07) is 75.0. The molecule has 0 aliphatic carbocycles. The smallest absolute Gasteiger partial charge is 0.164 e. The van der Waals surface area contributed by atoms with E-state index < -0.39 is 0 Å². The molecule has 0 bridgehead atoms. The van der Waals surface area contributed by atoms with E-state index in [1.807, 2.05) is 23.5 Å². The third kappa shape index (κ3) is 5.99. The zero-order valence-corrected chi connectivity index (χ0v) is 35.2. The van der Waals surface area contributed by atoms with Crippen LogP contribution in [-0.4, -0.2) is 24.3 Å². The van der Waals surface area contributed by atoms with Crippen molar-refractivity contribution in [1.82, 2.24) is 24.3 Å². The first kappa shape index (κ1) is 36.3. The summed E-state index contributed by atoms with van der Waals surface area (Å²) >= 11 is 1.81. The first-order valence-electron chi connectivity index (χ1n) is 21.5. The molecule has 0 unspecified atom stereocenters. The van der Waals surface area contributed by atoms with Crippen molar-refractivity contribution in [2.75, 3.05) is 0 Å². The number of thiophene rings is 1. The van der Waals surface area contributed by atoms with Crippen LogP contribution in [0, 0.1) is 0 Å². The highest BCUT2D eigenvalue weighted by Crippen LogP contribution is 2.42. The summed E-state index contributed by atoms with van der Waals surface area (Å²) < 4.78 is 4.79. The van der Waals surface area contributed by atoms with Gasteiger partial charge in [0.2, 0.25) is 0 Å². The van der Waals surface area contributed by atoms with Gasteiger partial charge in [-0.1, -0.05) is 194 Å². The second kappa shape index (κ2) is 14.7. The second-order valence-electron chi connectivity index (χ2n) is 16.2. The van der Waals surface area contributed by atoms with Crippen LogP contribution in [0.15, 0.2) is 212 Å². The highest BCUT2D eigenvalue weighted by molar-refractivity contribution is 7.26. The van der Waals surface area contributed by atoms with Crippen LogP contribution in [0.1, 0.15) is 0 Å². The van der Waals surface area contributed by atoms with E-state index in [4.69, 9.17) is 19.9 Å². The van der Waals surface area contributed by atoms with E-state index in [1.54, 1.807) is 0 Å². The van der Waals surface area contributed by atoms with Crippen LogP contribution < -0.4 is 0 Å². The fourth-order valence-corrected chi connectivity index (χ4v) is 10.4. The van der Waals surface area contributed by atoms with Crippen molar-refractivity contribution >= 4 is 69.7 Å². The molecule has 0 radical (unpaired) electrons. The van der Waals surface area contributed by atoms with E-state index in [1.165, 1.54) is 47.5 Å². The van der Waals surface area contributed by atoms with E-state index >= 15 is 0 Å². The van der Waals surface area contributed by atoms with Crippen LogP contribution >= 0.6 is 11.3 Å². The Labute approximate surface area is 372 Å². The number of hydrogen-bond donors (Lipinski definition) is 0. The summed E-state index contributed by atoms with van der Waals surface area (Å²) in [4.78, 5) is 20.8. The predicted octanol–water partition coefficient (Wildman–Crippen LogP) is 15.3. The number of nitrogens with zero attached hydrogens (tertiary/aromatic N) is 5. The van der Waals surface area contributed by atoms with Crippen molar-refractivity contribution in [3.63, 3.8) is 0 Å². The molecule has 4 heterocycles. The molecule has 0 aliphatic rings. The minimum absolute atomic E-state index is 0.613. The van der Waals surface area contributed by atoms with Gasteiger partial charge >= 0.3 is 0 Å². The Morgan fingerprint density at radius 1 is 0.328 bits per heavy atom. The van der Waals surface area contributed by atoms with Crippen molar-refractivity contribution in [3.05, 3.63) is 212 Å². The predicted molar refractivity (Wildman–Crippen MR) is 267 cm³/mol. The van der Waals surface area contributed by atoms with Crippen molar-refractivity contribution in [2.24, 2.45) is 0 Å². The molecule has 298 valence electrons. The molecule has 0 spiro atoms. The van der Waals surface area contributed by atoms with Crippen LogP contribution in [0.3, 0.4) is 0 Å². The second-order valence-corrected chi connectivity index (χ2v) is 17.3. The summed E-state index contributed by atoms with van der Waals surface area (Å²) in [7, 11) is 0. The first-order valence-corrected chi connectivity index (χ1v) is 22.3. The fourth-order valence-electron chi connectivity index (χ4n) is 9.25. The number of rotatable bonds is 6. The molecule has 0 amide bonds. The molecule has 9 aromatic carbocycles. The third-order valence-corrected chi connectivity index (χ3v) is 13.7. The van der Waals surface area contributed by atoms with E-state index in [9.17, 15) is 0 Å². The topological polar surface area (TPSA) is 56.0 Å². The van der Waals surface area contributed by atoms with Crippen molar-refractivity contribution in [3.8, 4) is 67.7 Å². The van der Waals surface area contributed by atoms with E-state index in [0.717, 1.165) is 61.1 Å². The van der Waals surface area contributed by atoms with Gasteiger partial charge in [-0.15, -0.1) is 11.3 Å². The van der Waals surface area contributed by atoms with Crippen molar-refractivity contribution < 1.29 is 0 Å². The minimum atomic E-state index is 0.613. The lowest BCUT2D eigenvalue weighted by Gasteiger charge is -2.12. The van der Waals surface area contributed by atoms with Gasteiger partial charge < -0.3 is 0 Å². The van der Waals surface area contributed by atoms with Crippen molar-refractivity contribution in [2.45, 2.75) is 0 Å². The standard InChI is InChI=1S/C58H35N5S/c1-3-11-36(12-4-1)38-19-25-42(26-20-38)55-60-56(43-27-21-39(22-28-43)37-13-5-2-6-14-37)62-57(61-55)44-29-23-41(24-30-44)51-35-49-47-17-9-10-18-52(47)64-54(49)58-59-53-48-32-31-40-15-7-8-16-45(40)46(48)33-34-50(53)63(51)58/h1-35H. The van der Waals surface area contributed by atoms with Gasteiger partial charge in [0, 0.05) is 37.5 Å². The Kier molecular flexibility index (Phi) is 8.32. The van der Waals surface area contributed by atoms with Gasteiger partial charge in [-0.2, -0.15) is 0 Å². The van der Waals surface area contributed by atoms with Gasteiger partial charge in [0.25, 0.3) is 0 Å². The lowest BCUT2D eigenvalue weighted by molar-refractivity contribution is 1.07. The Morgan fingerprint density at radius 2 is 0.812 bits per heavy atom. The van der Waals surface area contributed by atoms with Crippen LogP contribution in [-0.2, 0) is 0 Å². The molecule has 64 heavy (non-hydrogen) atoms. The fraction of sp³-hybridized carbons (Fsp3) is 0. The third-order valence-electron chi connectivity index (χ3n) is 12.5. The average molecular weight is 834 g/mol. The van der Waals surface area contributed by atoms with Gasteiger partial charge in [0.1, 0.15) is 0 Å². The molecule has 13 rings (SSSR count). The maximum absolute atomic E-state index is 5.49. The summed E-state index contributed by atoms with van der Waals surface area (Å²) in [5.74, 6) is 1.86. The van der Waals surface area contributed by atoms with Gasteiger partial charge in [-0.3, -0.25) is 4.40 Å². The van der Waals surface area contributed by atoms with E-state index in [0.29, 0.717) is 17.5 Å². The van der Waals surface area contributed by atoms with Gasteiger partial charge in [0.05, 0.1) is 21.4 Å². The molecule has 0 N–H and O–H groups in total. The average Bonchev–Trinajstić information content (AvgIpc) is 3.96. The molecule has 0 aliphatic heterocycles. The highest BCUT2D eigenvalue weighted by atomic mass is 32.1. The van der Waals surface area contributed by atoms with Crippen LogP contribution in [0.5, 0.6) is 0 Å². The number of hydrogen-bond acceptors (Lipinski definition) is 5. The quantitative estimate of drug-likeness (QED) is 0.157. The van der Waals surface area contributed by atoms with Gasteiger partial charge in [-0.05, 0) is 62.2 Å². The van der Waals surface area contributed by atoms with Crippen LogP contribution in [0.4, 0.5) is 0 Å². The maximum Gasteiger partial charge on any atom is 0.164 e. The Hall–Kier alpha value is -8.32. The summed E-state index contributed by atoms with van der Waals surface area (Å²) in [5, 5.41) is 7.28. The zero-order valence-electron chi connectivity index (χ0n) is 34.4. The number of pyridine rings is 1. The molecule has 13 aromatic rings. The molecule has 6 heteroatoms. The number of aromatic nitrogens is 5. The largest absolute Gasteiger partial charge is 0.291 e. The Bertz CT molecular complexity index is 3810. The maximum atomic E-state index is 5.49. The Morgan fingerprint density at radius 3 is 1.42 bits per heavy atom. The lowest BCUT2D eigenvalue weighted by atomic mass is 10.0. The number of benzene rings is 9. The SMILES string of the molecule is c1ccc(-c2ccc(-c3nc(-c4ccc(-c5ccccc5)cc4)nc(-c4ccc(-c5cc6c7ccccc7sc6c6nc7c8ccc9ccccc9c8ccc7n56)cc4)n3)cc2)cc1. The normalized spacial score (nSPS) is 11.8. The molecular formula is C58H35N5S. The van der Waals surface area contributed by atoms with Gasteiger partial charge in [0.15, 0.2) is 23.1 Å². The van der Waals surface area contributed by atoms with Crippen molar-refractivity contribution in [1.29, 1.82) is 0 Å². The van der Waals surface area contributed by atoms with Crippen LogP contribution in [0.25, 0.3) is 126 Å². The first-order chi connectivity index (χ1) is 31.7. The number of fused-ring (bicyclic) bond motifs is 11. The van der Waals surface area contributed by atoms with Gasteiger partial charge in [-0.25, -0.2) is 19.9 Å². The minimum Gasteiger partial charge on any atom is -0.291 e. The molecule has 5 nitrogen and oxygen atoms in total. The highest BCUT2D eigenvalue weighted by Gasteiger charge is 2.20. The Balaban J connectivity index is 0.961. The molecule has 0 fully saturated rings. The van der Waals surface area contributed by atoms with E-state index in [-0.39, 0.29) is 0 Å². The summed E-state index contributed by atoms with van der Waals surface area (Å²) in [6.07, 6.45) is 0. The van der Waals surface area contributed by atoms with Crippen LogP contribution in [0.2, 0.25) is 0 Å². The summed E-state index contributed by atoms with van der Waals surface area (Å²) in [6.45, 7) is 0.